The van der Waals surface area contributed by atoms with Gasteiger partial charge in [-0.25, -0.2) is 0 Å². The van der Waals surface area contributed by atoms with E-state index in [1.165, 1.54) is 0 Å². The number of carbonyl (C=O) groups excluding carboxylic acids is 2. The number of hydrogen-bond donors (Lipinski definition) is 3. The van der Waals surface area contributed by atoms with Crippen LogP contribution in [-0.2, 0) is 38.1 Å². The van der Waals surface area contributed by atoms with Crippen molar-refractivity contribution in [1.82, 2.24) is 0 Å². The van der Waals surface area contributed by atoms with Gasteiger partial charge in [0, 0.05) is 23.2 Å². The third kappa shape index (κ3) is 10.6. The van der Waals surface area contributed by atoms with Gasteiger partial charge in [0.05, 0.1) is 55.2 Å². The van der Waals surface area contributed by atoms with Crippen LogP contribution in [0, 0.1) is 39.2 Å². The number of rotatable bonds is 13. The van der Waals surface area contributed by atoms with Crippen molar-refractivity contribution in [1.29, 1.82) is 0 Å². The fourth-order valence-corrected chi connectivity index (χ4v) is 7.46. The number of aliphatic hydroxyl groups excluding tert-OH is 1. The van der Waals surface area contributed by atoms with Crippen LogP contribution in [0.3, 0.4) is 0 Å². The number of nitrogens with zero attached hydrogens (tertiary/aromatic N) is 1. The Kier molecular flexibility index (Phi) is 13.0. The van der Waals surface area contributed by atoms with Crippen molar-refractivity contribution in [3.8, 4) is 0 Å². The summed E-state index contributed by atoms with van der Waals surface area (Å²) in [4.78, 5) is 59.7. The van der Waals surface area contributed by atoms with Crippen molar-refractivity contribution in [3.63, 3.8) is 0 Å². The minimum atomic E-state index is -1.12. The molecular formula is C33H51NO13. The Morgan fingerprint density at radius 2 is 1.09 bits per heavy atom. The summed E-state index contributed by atoms with van der Waals surface area (Å²) in [6.07, 6.45) is 4.79. The first-order valence-corrected chi connectivity index (χ1v) is 17.1. The highest BCUT2D eigenvalue weighted by molar-refractivity contribution is 5.82. The Labute approximate surface area is 275 Å². The Hall–Kier alpha value is -2.84. The molecule has 3 N–H and O–H groups in total. The van der Waals surface area contributed by atoms with E-state index in [4.69, 9.17) is 18.9 Å². The lowest BCUT2D eigenvalue weighted by atomic mass is 9.77. The molecule has 0 aromatic rings. The second-order valence-electron chi connectivity index (χ2n) is 14.8. The fourth-order valence-electron chi connectivity index (χ4n) is 7.46. The van der Waals surface area contributed by atoms with Crippen LogP contribution < -0.4 is 0 Å². The molecule has 47 heavy (non-hydrogen) atoms. The van der Waals surface area contributed by atoms with E-state index in [1.54, 1.807) is 0 Å². The molecule has 0 aliphatic heterocycles. The summed E-state index contributed by atoms with van der Waals surface area (Å²) in [6, 6.07) is -0.933. The van der Waals surface area contributed by atoms with Crippen LogP contribution in [0.1, 0.15) is 104 Å². The lowest BCUT2D eigenvalue weighted by Gasteiger charge is -2.35. The number of carboxylic acid groups (broad SMARTS) is 2. The summed E-state index contributed by atoms with van der Waals surface area (Å²) in [5.41, 5.74) is -0.260. The average molecular weight is 670 g/mol. The Bertz CT molecular complexity index is 1110. The van der Waals surface area contributed by atoms with Gasteiger partial charge in [-0.15, -0.1) is 0 Å². The fraction of sp³-hybridized carbons (Fsp3) is 0.879. The second kappa shape index (κ2) is 16.5. The molecular weight excluding hydrogens is 618 g/mol. The second-order valence-corrected chi connectivity index (χ2v) is 14.8. The van der Waals surface area contributed by atoms with Crippen LogP contribution in [0.5, 0.6) is 0 Å². The van der Waals surface area contributed by atoms with Crippen LogP contribution in [0.25, 0.3) is 0 Å². The monoisotopic (exact) mass is 669 g/mol. The van der Waals surface area contributed by atoms with Gasteiger partial charge < -0.3 is 34.3 Å². The van der Waals surface area contributed by atoms with Gasteiger partial charge >= 0.3 is 23.9 Å². The summed E-state index contributed by atoms with van der Waals surface area (Å²) in [5.74, 6) is -6.97. The van der Waals surface area contributed by atoms with Crippen molar-refractivity contribution in [3.05, 3.63) is 10.1 Å². The average Bonchev–Trinajstić information content (AvgIpc) is 3.03. The molecule has 0 aromatic carbocycles. The normalized spacial score (nSPS) is 35.0. The van der Waals surface area contributed by atoms with Gasteiger partial charge in [0.25, 0.3) is 0 Å². The number of esters is 2. The molecule has 0 amide bonds. The Morgan fingerprint density at radius 3 is 1.55 bits per heavy atom. The minimum Gasteiger partial charge on any atom is -0.481 e. The zero-order valence-corrected chi connectivity index (χ0v) is 27.5. The van der Waals surface area contributed by atoms with Gasteiger partial charge in [-0.3, -0.25) is 29.3 Å². The molecule has 6 atom stereocenters. The first-order chi connectivity index (χ1) is 22.2. The summed E-state index contributed by atoms with van der Waals surface area (Å²) in [5, 5.41) is 40.1. The van der Waals surface area contributed by atoms with Gasteiger partial charge in [0.1, 0.15) is 12.2 Å². The van der Waals surface area contributed by atoms with Crippen LogP contribution in [0.15, 0.2) is 0 Å². The van der Waals surface area contributed by atoms with Crippen molar-refractivity contribution in [2.75, 3.05) is 13.2 Å². The van der Waals surface area contributed by atoms with E-state index in [9.17, 15) is 44.6 Å². The summed E-state index contributed by atoms with van der Waals surface area (Å²) in [6.45, 7) is 5.08. The number of ether oxygens (including phenoxy) is 4. The highest BCUT2D eigenvalue weighted by Crippen LogP contribution is 2.36. The van der Waals surface area contributed by atoms with E-state index in [2.05, 4.69) is 13.8 Å². The summed E-state index contributed by atoms with van der Waals surface area (Å²) in [7, 11) is 0. The van der Waals surface area contributed by atoms with Crippen LogP contribution in [-0.4, -0.2) is 93.9 Å². The van der Waals surface area contributed by atoms with Crippen molar-refractivity contribution in [2.45, 2.75) is 140 Å². The maximum Gasteiger partial charge on any atom is 0.310 e. The predicted octanol–water partition coefficient (Wildman–Crippen LogP) is 3.76. The summed E-state index contributed by atoms with van der Waals surface area (Å²) >= 11 is 0. The van der Waals surface area contributed by atoms with Crippen molar-refractivity contribution in [2.24, 2.45) is 29.1 Å². The van der Waals surface area contributed by atoms with E-state index in [-0.39, 0.29) is 55.5 Å². The molecule has 0 radical (unpaired) electrons. The maximum absolute atomic E-state index is 12.9. The lowest BCUT2D eigenvalue weighted by molar-refractivity contribution is -0.528. The highest BCUT2D eigenvalue weighted by Gasteiger charge is 2.45. The highest BCUT2D eigenvalue weighted by atomic mass is 16.6. The molecule has 0 heterocycles. The van der Waals surface area contributed by atoms with Gasteiger partial charge in [0.15, 0.2) is 0 Å². The molecule has 0 aromatic heterocycles. The van der Waals surface area contributed by atoms with Gasteiger partial charge in [-0.2, -0.15) is 0 Å². The van der Waals surface area contributed by atoms with E-state index in [0.29, 0.717) is 64.6 Å². The number of hydrogen-bond acceptors (Lipinski definition) is 11. The molecule has 14 nitrogen and oxygen atoms in total. The minimum absolute atomic E-state index is 0.0113. The smallest absolute Gasteiger partial charge is 0.310 e. The largest absolute Gasteiger partial charge is 0.481 e. The Morgan fingerprint density at radius 1 is 0.638 bits per heavy atom. The molecule has 4 rings (SSSR count). The molecule has 4 saturated carbocycles. The molecule has 14 heteroatoms. The number of aliphatic carboxylic acids is 2. The third-order valence-electron chi connectivity index (χ3n) is 10.4. The molecule has 0 spiro atoms. The molecule has 0 bridgehead atoms. The molecule has 0 saturated heterocycles. The maximum atomic E-state index is 12.9. The number of carbonyl (C=O) groups is 4. The van der Waals surface area contributed by atoms with Gasteiger partial charge in [0.2, 0.25) is 6.04 Å². The van der Waals surface area contributed by atoms with Gasteiger partial charge in [-0.05, 0) is 77.0 Å². The predicted molar refractivity (Wildman–Crippen MR) is 164 cm³/mol. The number of nitro groups is 1. The van der Waals surface area contributed by atoms with Crippen LogP contribution in [0.2, 0.25) is 0 Å². The summed E-state index contributed by atoms with van der Waals surface area (Å²) < 4.78 is 23.8. The third-order valence-corrected chi connectivity index (χ3v) is 10.4. The van der Waals surface area contributed by atoms with E-state index >= 15 is 0 Å². The molecule has 266 valence electrons. The number of aliphatic hydroxyl groups is 1. The van der Waals surface area contributed by atoms with E-state index < -0.39 is 64.6 Å². The SMILES string of the molecule is CC(C)(COC1CCC(OC(=O)C2CCC(O)CC2C(=O)O)CC1)COC1CCC(OC(=O)C2CC([N+](=O)[O-])CCC2C(=O)O)CC1. The zero-order chi connectivity index (χ0) is 34.3. The van der Waals surface area contributed by atoms with E-state index in [1.807, 2.05) is 0 Å². The van der Waals surface area contributed by atoms with Crippen LogP contribution in [0.4, 0.5) is 0 Å². The van der Waals surface area contributed by atoms with Crippen molar-refractivity contribution < 1.29 is 58.4 Å². The zero-order valence-electron chi connectivity index (χ0n) is 27.5. The quantitative estimate of drug-likeness (QED) is 0.145. The molecule has 4 aliphatic rings. The lowest BCUT2D eigenvalue weighted by Crippen LogP contribution is -2.42. The Balaban J connectivity index is 1.12. The van der Waals surface area contributed by atoms with E-state index in [0.717, 1.165) is 12.8 Å². The first-order valence-electron chi connectivity index (χ1n) is 17.1. The topological polar surface area (TPSA) is 209 Å². The molecule has 4 aliphatic carbocycles. The van der Waals surface area contributed by atoms with Gasteiger partial charge in [-0.1, -0.05) is 13.8 Å². The molecule has 6 unspecified atom stereocenters. The first kappa shape index (κ1) is 37.0. The number of carboxylic acids is 2. The molecule has 4 fully saturated rings. The van der Waals surface area contributed by atoms with Crippen molar-refractivity contribution >= 4 is 23.9 Å². The van der Waals surface area contributed by atoms with Crippen LogP contribution >= 0.6 is 0 Å². The standard InChI is InChI=1S/C33H51NO13/c1-33(2,17-44-21-5-9-23(10-6-21)46-31(40)26-14-4-20(35)16-27(26)30(38)39)18-45-22-7-11-24(12-8-22)47-32(41)28-15-19(34(42)43)3-13-25(28)29(36)37/h19-28,35H,3-18H2,1-2H3,(H,36,37)(H,38,39).